The smallest absolute Gasteiger partial charge is 0.150 e. The number of halogens is 2. The van der Waals surface area contributed by atoms with Crippen LogP contribution in [0.25, 0.3) is 0 Å². The molecule has 0 bridgehead atoms. The van der Waals surface area contributed by atoms with Gasteiger partial charge < -0.3 is 10.8 Å². The summed E-state index contributed by atoms with van der Waals surface area (Å²) in [4.78, 5) is 0. The summed E-state index contributed by atoms with van der Waals surface area (Å²) in [6.07, 6.45) is -0.0831. The molecule has 102 valence electrons. The molecule has 0 aromatic heterocycles. The molecular weight excluding hydrogens is 297 g/mol. The molecule has 18 heavy (non-hydrogen) atoms. The van der Waals surface area contributed by atoms with Crippen LogP contribution >= 0.6 is 23.2 Å². The number of benzene rings is 1. The van der Waals surface area contributed by atoms with Crippen LogP contribution in [0.15, 0.2) is 18.2 Å². The third-order valence-corrected chi connectivity index (χ3v) is 4.17. The third-order valence-electron chi connectivity index (χ3n) is 2.56. The van der Waals surface area contributed by atoms with Crippen LogP contribution in [0.3, 0.4) is 0 Å². The molecule has 1 rings (SSSR count). The molecular formula is C11H15Cl2NO3S. The van der Waals surface area contributed by atoms with Gasteiger partial charge in [-0.05, 0) is 17.7 Å². The van der Waals surface area contributed by atoms with Crippen molar-refractivity contribution in [3.05, 3.63) is 33.8 Å². The zero-order valence-corrected chi connectivity index (χ0v) is 12.1. The van der Waals surface area contributed by atoms with Crippen molar-refractivity contribution >= 4 is 33.0 Å². The number of rotatable bonds is 5. The van der Waals surface area contributed by atoms with Crippen LogP contribution in [0.5, 0.6) is 0 Å². The van der Waals surface area contributed by atoms with E-state index in [2.05, 4.69) is 0 Å². The number of aliphatic hydroxyl groups excluding tert-OH is 1. The molecule has 0 amide bonds. The number of hydrogen-bond acceptors (Lipinski definition) is 4. The van der Waals surface area contributed by atoms with Gasteiger partial charge in [-0.2, -0.15) is 0 Å². The Balaban J connectivity index is 3.10. The number of sulfone groups is 1. The van der Waals surface area contributed by atoms with Gasteiger partial charge in [0.15, 0.2) is 0 Å². The summed E-state index contributed by atoms with van der Waals surface area (Å²) >= 11 is 12.0. The Morgan fingerprint density at radius 1 is 1.33 bits per heavy atom. The van der Waals surface area contributed by atoms with Gasteiger partial charge >= 0.3 is 0 Å². The van der Waals surface area contributed by atoms with E-state index in [0.29, 0.717) is 15.6 Å². The molecule has 2 unspecified atom stereocenters. The summed E-state index contributed by atoms with van der Waals surface area (Å²) in [5.74, 6) is -0.989. The second-order valence-electron chi connectivity index (χ2n) is 4.14. The molecule has 4 nitrogen and oxygen atoms in total. The Morgan fingerprint density at radius 3 is 2.22 bits per heavy atom. The minimum absolute atomic E-state index is 0.0557. The quantitative estimate of drug-likeness (QED) is 0.862. The fraction of sp³-hybridized carbons (Fsp3) is 0.455. The zero-order chi connectivity index (χ0) is 13.9. The van der Waals surface area contributed by atoms with Crippen molar-refractivity contribution in [2.24, 2.45) is 5.73 Å². The number of aliphatic hydroxyl groups is 1. The average Bonchev–Trinajstić information content (AvgIpc) is 2.20. The van der Waals surface area contributed by atoms with Crippen LogP contribution in [0.4, 0.5) is 0 Å². The lowest BCUT2D eigenvalue weighted by atomic mass is 9.94. The molecule has 0 aliphatic rings. The number of nitrogens with two attached hydrogens (primary N) is 1. The van der Waals surface area contributed by atoms with E-state index in [0.717, 1.165) is 6.26 Å². The molecule has 2 atom stereocenters. The van der Waals surface area contributed by atoms with Gasteiger partial charge in [0.2, 0.25) is 0 Å². The average molecular weight is 312 g/mol. The van der Waals surface area contributed by atoms with Crippen molar-refractivity contribution in [3.63, 3.8) is 0 Å². The Kier molecular flexibility index (Phi) is 5.43. The van der Waals surface area contributed by atoms with E-state index in [1.165, 1.54) is 0 Å². The van der Waals surface area contributed by atoms with E-state index in [-0.39, 0.29) is 12.3 Å². The minimum Gasteiger partial charge on any atom is -0.391 e. The van der Waals surface area contributed by atoms with E-state index in [1.54, 1.807) is 18.2 Å². The van der Waals surface area contributed by atoms with Gasteiger partial charge in [-0.1, -0.05) is 29.3 Å². The Labute approximate surface area is 117 Å². The van der Waals surface area contributed by atoms with Crippen molar-refractivity contribution in [2.45, 2.75) is 12.0 Å². The van der Waals surface area contributed by atoms with Crippen LogP contribution in [0.1, 0.15) is 11.5 Å². The van der Waals surface area contributed by atoms with E-state index < -0.39 is 21.9 Å². The molecule has 1 aromatic rings. The largest absolute Gasteiger partial charge is 0.391 e. The molecule has 7 heteroatoms. The van der Waals surface area contributed by atoms with Crippen molar-refractivity contribution < 1.29 is 13.5 Å². The van der Waals surface area contributed by atoms with E-state index >= 15 is 0 Å². The summed E-state index contributed by atoms with van der Waals surface area (Å²) in [7, 11) is -3.30. The predicted molar refractivity (Wildman–Crippen MR) is 74.0 cm³/mol. The van der Waals surface area contributed by atoms with Gasteiger partial charge in [0.25, 0.3) is 0 Å². The molecule has 3 N–H and O–H groups in total. The van der Waals surface area contributed by atoms with Gasteiger partial charge in [-0.3, -0.25) is 0 Å². The molecule has 0 heterocycles. The Morgan fingerprint density at radius 2 is 1.83 bits per heavy atom. The third kappa shape index (κ3) is 4.10. The normalized spacial score (nSPS) is 15.4. The van der Waals surface area contributed by atoms with Crippen molar-refractivity contribution in [2.75, 3.05) is 18.6 Å². The molecule has 1 aromatic carbocycles. The molecule has 0 radical (unpaired) electrons. The molecule has 0 aliphatic heterocycles. The maximum Gasteiger partial charge on any atom is 0.150 e. The first kappa shape index (κ1) is 15.7. The lowest BCUT2D eigenvalue weighted by Gasteiger charge is -2.23. The standard InChI is InChI=1S/C11H15Cl2NO3S/c1-18(16,17)6-10(15)7(5-14)11-8(12)3-2-4-9(11)13/h2-4,7,10,15H,5-6,14H2,1H3. The molecule has 0 aliphatic carbocycles. The highest BCUT2D eigenvalue weighted by molar-refractivity contribution is 7.90. The highest BCUT2D eigenvalue weighted by atomic mass is 35.5. The molecule has 0 spiro atoms. The van der Waals surface area contributed by atoms with E-state index in [4.69, 9.17) is 28.9 Å². The van der Waals surface area contributed by atoms with E-state index in [1.807, 2.05) is 0 Å². The van der Waals surface area contributed by atoms with Crippen LogP contribution in [0, 0.1) is 0 Å². The summed E-state index contributed by atoms with van der Waals surface area (Å²) in [6, 6.07) is 4.92. The highest BCUT2D eigenvalue weighted by Crippen LogP contribution is 2.33. The fourth-order valence-corrected chi connectivity index (χ4v) is 3.29. The van der Waals surface area contributed by atoms with Gasteiger partial charge in [0.05, 0.1) is 11.9 Å². The van der Waals surface area contributed by atoms with Gasteiger partial charge in [-0.25, -0.2) is 8.42 Å². The maximum absolute atomic E-state index is 11.2. The van der Waals surface area contributed by atoms with Crippen LogP contribution in [0.2, 0.25) is 10.0 Å². The van der Waals surface area contributed by atoms with Crippen LogP contribution < -0.4 is 5.73 Å². The van der Waals surface area contributed by atoms with Gasteiger partial charge in [-0.15, -0.1) is 0 Å². The topological polar surface area (TPSA) is 80.4 Å². The summed E-state index contributed by atoms with van der Waals surface area (Å²) in [5.41, 5.74) is 6.08. The lowest BCUT2D eigenvalue weighted by molar-refractivity contribution is 0.167. The second kappa shape index (κ2) is 6.21. The minimum atomic E-state index is -3.30. The Hall–Kier alpha value is -0.330. The van der Waals surface area contributed by atoms with Crippen LogP contribution in [-0.4, -0.2) is 38.2 Å². The highest BCUT2D eigenvalue weighted by Gasteiger charge is 2.27. The summed E-state index contributed by atoms with van der Waals surface area (Å²) in [6.45, 7) is 0.0557. The first-order valence-corrected chi connectivity index (χ1v) is 8.07. The zero-order valence-electron chi connectivity index (χ0n) is 9.81. The molecule has 0 saturated heterocycles. The number of hydrogen-bond donors (Lipinski definition) is 2. The second-order valence-corrected chi connectivity index (χ2v) is 7.14. The van der Waals surface area contributed by atoms with Crippen molar-refractivity contribution in [1.29, 1.82) is 0 Å². The fourth-order valence-electron chi connectivity index (χ4n) is 1.76. The first-order valence-electron chi connectivity index (χ1n) is 5.26. The molecule has 0 saturated carbocycles. The van der Waals surface area contributed by atoms with Crippen LogP contribution in [-0.2, 0) is 9.84 Å². The monoisotopic (exact) mass is 311 g/mol. The van der Waals surface area contributed by atoms with Gasteiger partial charge in [0, 0.05) is 28.8 Å². The maximum atomic E-state index is 11.2. The van der Waals surface area contributed by atoms with Crippen molar-refractivity contribution in [1.82, 2.24) is 0 Å². The van der Waals surface area contributed by atoms with Gasteiger partial charge in [0.1, 0.15) is 9.84 Å². The Bertz CT molecular complexity index is 499. The lowest BCUT2D eigenvalue weighted by Crippen LogP contribution is -2.32. The summed E-state index contributed by atoms with van der Waals surface area (Å²) in [5, 5.41) is 10.7. The SMILES string of the molecule is CS(=O)(=O)CC(O)C(CN)c1c(Cl)cccc1Cl. The molecule has 0 fully saturated rings. The predicted octanol–water partition coefficient (Wildman–Crippen LogP) is 1.44. The summed E-state index contributed by atoms with van der Waals surface area (Å²) < 4.78 is 22.4. The van der Waals surface area contributed by atoms with E-state index in [9.17, 15) is 13.5 Å². The van der Waals surface area contributed by atoms with Crippen molar-refractivity contribution in [3.8, 4) is 0 Å². The first-order chi connectivity index (χ1) is 8.26.